The Hall–Kier alpha value is -2.68. The molecule has 28 heavy (non-hydrogen) atoms. The van der Waals surface area contributed by atoms with Gasteiger partial charge in [-0.2, -0.15) is 0 Å². The minimum atomic E-state index is -3.87. The average molecular weight is 437 g/mol. The van der Waals surface area contributed by atoms with Crippen LogP contribution in [-0.2, 0) is 10.0 Å². The van der Waals surface area contributed by atoms with Gasteiger partial charge in [0.15, 0.2) is 0 Å². The second kappa shape index (κ2) is 8.14. The van der Waals surface area contributed by atoms with E-state index in [-0.39, 0.29) is 26.5 Å². The maximum absolute atomic E-state index is 12.4. The van der Waals surface area contributed by atoms with Crippen molar-refractivity contribution < 1.29 is 13.2 Å². The molecule has 1 heterocycles. The molecule has 7 nitrogen and oxygen atoms in total. The molecule has 0 aliphatic carbocycles. The van der Waals surface area contributed by atoms with Crippen LogP contribution in [0.3, 0.4) is 0 Å². The van der Waals surface area contributed by atoms with Gasteiger partial charge in [-0.1, -0.05) is 29.3 Å². The van der Waals surface area contributed by atoms with Crippen molar-refractivity contribution in [3.63, 3.8) is 0 Å². The first-order valence-electron chi connectivity index (χ1n) is 7.94. The highest BCUT2D eigenvalue weighted by Gasteiger charge is 2.17. The van der Waals surface area contributed by atoms with Gasteiger partial charge >= 0.3 is 0 Å². The summed E-state index contributed by atoms with van der Waals surface area (Å²) in [5, 5.41) is 3.06. The number of nitrogens with one attached hydrogen (secondary N) is 2. The van der Waals surface area contributed by atoms with Crippen LogP contribution >= 0.6 is 23.2 Å². The van der Waals surface area contributed by atoms with Gasteiger partial charge < -0.3 is 5.32 Å². The Balaban J connectivity index is 1.77. The molecule has 0 saturated carbocycles. The molecule has 0 fully saturated rings. The molecule has 0 atom stereocenters. The molecule has 0 radical (unpaired) electrons. The highest BCUT2D eigenvalue weighted by atomic mass is 35.5. The van der Waals surface area contributed by atoms with Crippen molar-refractivity contribution in [1.29, 1.82) is 0 Å². The van der Waals surface area contributed by atoms with E-state index in [2.05, 4.69) is 20.0 Å². The molecule has 10 heteroatoms. The van der Waals surface area contributed by atoms with Crippen LogP contribution in [0.25, 0.3) is 0 Å². The van der Waals surface area contributed by atoms with E-state index in [4.69, 9.17) is 23.2 Å². The highest BCUT2D eigenvalue weighted by molar-refractivity contribution is 7.92. The molecule has 2 N–H and O–H groups in total. The van der Waals surface area contributed by atoms with Crippen LogP contribution in [0.1, 0.15) is 16.1 Å². The molecule has 1 amide bonds. The predicted molar refractivity (Wildman–Crippen MR) is 108 cm³/mol. The van der Waals surface area contributed by atoms with Crippen LogP contribution in [0.4, 0.5) is 11.6 Å². The molecule has 2 aromatic carbocycles. The molecule has 0 spiro atoms. The number of benzene rings is 2. The second-order valence-electron chi connectivity index (χ2n) is 5.70. The van der Waals surface area contributed by atoms with E-state index in [1.165, 1.54) is 30.5 Å². The Bertz CT molecular complexity index is 1120. The third-order valence-electron chi connectivity index (χ3n) is 3.63. The third kappa shape index (κ3) is 4.59. The molecular formula is C18H14Cl2N4O3S. The van der Waals surface area contributed by atoms with Crippen molar-refractivity contribution in [1.82, 2.24) is 9.97 Å². The normalized spacial score (nSPS) is 11.1. The Kier molecular flexibility index (Phi) is 5.83. The number of nitrogens with zero attached hydrogens (tertiary/aromatic N) is 2. The second-order valence-corrected chi connectivity index (χ2v) is 8.20. The van der Waals surface area contributed by atoms with Crippen LogP contribution in [-0.4, -0.2) is 24.3 Å². The number of hydrogen-bond donors (Lipinski definition) is 2. The molecule has 144 valence electrons. The van der Waals surface area contributed by atoms with Gasteiger partial charge in [0.25, 0.3) is 15.9 Å². The SMILES string of the molecule is Cc1ccnc(NS(=O)(=O)c2ccc(NC(=O)c3c(Cl)cccc3Cl)cc2)n1. The number of amides is 1. The molecule has 0 aliphatic rings. The smallest absolute Gasteiger partial charge is 0.264 e. The fourth-order valence-electron chi connectivity index (χ4n) is 2.30. The van der Waals surface area contributed by atoms with E-state index in [0.29, 0.717) is 11.4 Å². The van der Waals surface area contributed by atoms with E-state index < -0.39 is 15.9 Å². The van der Waals surface area contributed by atoms with E-state index in [0.717, 1.165) is 0 Å². The summed E-state index contributed by atoms with van der Waals surface area (Å²) in [6.45, 7) is 1.72. The van der Waals surface area contributed by atoms with Gasteiger partial charge in [0.2, 0.25) is 5.95 Å². The van der Waals surface area contributed by atoms with Gasteiger partial charge in [-0.3, -0.25) is 4.79 Å². The Labute approximate surface area is 171 Å². The van der Waals surface area contributed by atoms with Gasteiger partial charge in [0, 0.05) is 17.6 Å². The Morgan fingerprint density at radius 3 is 2.25 bits per heavy atom. The van der Waals surface area contributed by atoms with Gasteiger partial charge in [0.1, 0.15) is 0 Å². The third-order valence-corrected chi connectivity index (χ3v) is 5.61. The molecule has 0 unspecified atom stereocenters. The van der Waals surface area contributed by atoms with Gasteiger partial charge in [-0.25, -0.2) is 23.1 Å². The van der Waals surface area contributed by atoms with Crippen LogP contribution in [0, 0.1) is 6.92 Å². The number of sulfonamides is 1. The molecule has 0 aliphatic heterocycles. The van der Waals surface area contributed by atoms with E-state index in [1.54, 1.807) is 31.2 Å². The first-order chi connectivity index (χ1) is 13.3. The summed E-state index contributed by atoms with van der Waals surface area (Å²) in [6, 6.07) is 12.0. The zero-order chi connectivity index (χ0) is 20.3. The number of anilines is 2. The van der Waals surface area contributed by atoms with Crippen molar-refractivity contribution in [3.8, 4) is 0 Å². The van der Waals surface area contributed by atoms with E-state index in [1.807, 2.05) is 0 Å². The van der Waals surface area contributed by atoms with Crippen LogP contribution < -0.4 is 10.0 Å². The largest absolute Gasteiger partial charge is 0.322 e. The number of aromatic nitrogens is 2. The van der Waals surface area contributed by atoms with Crippen molar-refractivity contribution >= 4 is 50.8 Å². The summed E-state index contributed by atoms with van der Waals surface area (Å²) in [6.07, 6.45) is 1.46. The zero-order valence-electron chi connectivity index (χ0n) is 14.5. The molecule has 0 saturated heterocycles. The summed E-state index contributed by atoms with van der Waals surface area (Å²) in [7, 11) is -3.87. The monoisotopic (exact) mass is 436 g/mol. The molecule has 3 rings (SSSR count). The highest BCUT2D eigenvalue weighted by Crippen LogP contribution is 2.25. The fourth-order valence-corrected chi connectivity index (χ4v) is 3.82. The molecule has 3 aromatic rings. The van der Waals surface area contributed by atoms with Gasteiger partial charge in [-0.15, -0.1) is 0 Å². The van der Waals surface area contributed by atoms with Crippen LogP contribution in [0.5, 0.6) is 0 Å². The minimum absolute atomic E-state index is 0.00798. The number of rotatable bonds is 5. The summed E-state index contributed by atoms with van der Waals surface area (Å²) < 4.78 is 27.2. The summed E-state index contributed by atoms with van der Waals surface area (Å²) in [5.41, 5.74) is 1.15. The lowest BCUT2D eigenvalue weighted by atomic mass is 10.2. The predicted octanol–water partition coefficient (Wildman–Crippen LogP) is 4.14. The molecule has 1 aromatic heterocycles. The molecule has 0 bridgehead atoms. The number of carbonyl (C=O) groups is 1. The summed E-state index contributed by atoms with van der Waals surface area (Å²) >= 11 is 12.0. The van der Waals surface area contributed by atoms with Gasteiger partial charge in [-0.05, 0) is 49.4 Å². The van der Waals surface area contributed by atoms with Crippen LogP contribution in [0.15, 0.2) is 59.6 Å². The lowest BCUT2D eigenvalue weighted by Gasteiger charge is -2.10. The first-order valence-corrected chi connectivity index (χ1v) is 10.2. The number of carbonyl (C=O) groups excluding carboxylic acids is 1. The fraction of sp³-hybridized carbons (Fsp3) is 0.0556. The summed E-state index contributed by atoms with van der Waals surface area (Å²) in [4.78, 5) is 20.3. The maximum Gasteiger partial charge on any atom is 0.264 e. The number of hydrogen-bond acceptors (Lipinski definition) is 5. The van der Waals surface area contributed by atoms with E-state index in [9.17, 15) is 13.2 Å². The van der Waals surface area contributed by atoms with Gasteiger partial charge in [0.05, 0.1) is 20.5 Å². The standard InChI is InChI=1S/C18H14Cl2N4O3S/c1-11-9-10-21-18(22-11)24-28(26,27)13-7-5-12(6-8-13)23-17(25)16-14(19)3-2-4-15(16)20/h2-10H,1H3,(H,23,25)(H,21,22,24). The number of halogens is 2. The average Bonchev–Trinajstić information content (AvgIpc) is 2.61. The lowest BCUT2D eigenvalue weighted by molar-refractivity contribution is 0.102. The Morgan fingerprint density at radius 2 is 1.64 bits per heavy atom. The van der Waals surface area contributed by atoms with Crippen molar-refractivity contribution in [2.24, 2.45) is 0 Å². The van der Waals surface area contributed by atoms with Crippen molar-refractivity contribution in [2.45, 2.75) is 11.8 Å². The van der Waals surface area contributed by atoms with Crippen molar-refractivity contribution in [2.75, 3.05) is 10.0 Å². The molecular weight excluding hydrogens is 423 g/mol. The quantitative estimate of drug-likeness (QED) is 0.625. The number of aryl methyl sites for hydroxylation is 1. The maximum atomic E-state index is 12.4. The van der Waals surface area contributed by atoms with Crippen molar-refractivity contribution in [3.05, 3.63) is 76.0 Å². The topological polar surface area (TPSA) is 101 Å². The zero-order valence-corrected chi connectivity index (χ0v) is 16.8. The first kappa shape index (κ1) is 20.1. The Morgan fingerprint density at radius 1 is 1.00 bits per heavy atom. The van der Waals surface area contributed by atoms with E-state index >= 15 is 0 Å². The minimum Gasteiger partial charge on any atom is -0.322 e. The lowest BCUT2D eigenvalue weighted by Crippen LogP contribution is -2.16. The van der Waals surface area contributed by atoms with Crippen LogP contribution in [0.2, 0.25) is 10.0 Å². The summed E-state index contributed by atoms with van der Waals surface area (Å²) in [5.74, 6) is -0.525.